The molecule has 0 spiro atoms. The van der Waals surface area contributed by atoms with Gasteiger partial charge in [-0.15, -0.1) is 11.3 Å². The zero-order chi connectivity index (χ0) is 15.8. The number of carbonyl (C=O) groups is 2. The Kier molecular flexibility index (Phi) is 4.25. The number of primary amides is 1. The van der Waals surface area contributed by atoms with Crippen molar-refractivity contribution in [2.24, 2.45) is 5.73 Å². The normalized spacial score (nSPS) is 17.8. The van der Waals surface area contributed by atoms with Gasteiger partial charge >= 0.3 is 0 Å². The fourth-order valence-corrected chi connectivity index (χ4v) is 3.71. The molecule has 116 valence electrons. The van der Waals surface area contributed by atoms with E-state index in [9.17, 15) is 9.59 Å². The maximum absolute atomic E-state index is 12.0. The highest BCUT2D eigenvalue weighted by Gasteiger charge is 2.32. The van der Waals surface area contributed by atoms with Crippen LogP contribution in [0, 0.1) is 0 Å². The molecule has 6 nitrogen and oxygen atoms in total. The topological polar surface area (TPSA) is 98.6 Å². The van der Waals surface area contributed by atoms with Crippen molar-refractivity contribution in [1.29, 1.82) is 0 Å². The number of ether oxygens (including phenoxy) is 1. The number of nitrogens with zero attached hydrogens (tertiary/aromatic N) is 1. The molecule has 0 saturated carbocycles. The fraction of sp³-hybridized carbons (Fsp3) is 0.571. The van der Waals surface area contributed by atoms with Crippen LogP contribution >= 0.6 is 11.3 Å². The molecule has 1 aromatic rings. The Hall–Kier alpha value is -1.60. The Bertz CT molecular complexity index is 580. The molecule has 2 rings (SSSR count). The van der Waals surface area contributed by atoms with Gasteiger partial charge in [0, 0.05) is 19.5 Å². The predicted molar refractivity (Wildman–Crippen MR) is 84.1 cm³/mol. The van der Waals surface area contributed by atoms with Crippen molar-refractivity contribution in [1.82, 2.24) is 0 Å². The molecular weight excluding hydrogens is 290 g/mol. The molecule has 0 bridgehead atoms. The molecule has 0 atom stereocenters. The summed E-state index contributed by atoms with van der Waals surface area (Å²) in [5.41, 5.74) is 11.6. The minimum atomic E-state index is -0.599. The zero-order valence-electron chi connectivity index (χ0n) is 12.6. The van der Waals surface area contributed by atoms with Gasteiger partial charge < -0.3 is 21.1 Å². The number of thiophene rings is 1. The van der Waals surface area contributed by atoms with E-state index in [1.54, 1.807) is 6.92 Å². The zero-order valence-corrected chi connectivity index (χ0v) is 13.4. The first-order valence-corrected chi connectivity index (χ1v) is 7.72. The summed E-state index contributed by atoms with van der Waals surface area (Å²) < 4.78 is 5.67. The number of hydrogen-bond donors (Lipinski definition) is 2. The summed E-state index contributed by atoms with van der Waals surface area (Å²) >= 11 is 1.25. The summed E-state index contributed by atoms with van der Waals surface area (Å²) in [5.74, 6) is -0.669. The molecule has 7 heteroatoms. The van der Waals surface area contributed by atoms with Gasteiger partial charge in [0.15, 0.2) is 5.78 Å². The monoisotopic (exact) mass is 311 g/mol. The Morgan fingerprint density at radius 3 is 2.62 bits per heavy atom. The highest BCUT2D eigenvalue weighted by molar-refractivity contribution is 7.19. The number of hydrogen-bond acceptors (Lipinski definition) is 6. The lowest BCUT2D eigenvalue weighted by atomic mass is 10.1. The molecule has 0 radical (unpaired) electrons. The third kappa shape index (κ3) is 3.03. The van der Waals surface area contributed by atoms with E-state index < -0.39 is 5.91 Å². The Labute approximate surface area is 128 Å². The summed E-state index contributed by atoms with van der Waals surface area (Å²) in [5, 5.41) is 0.674. The van der Waals surface area contributed by atoms with E-state index in [1.807, 2.05) is 18.7 Å². The van der Waals surface area contributed by atoms with Crippen molar-refractivity contribution < 1.29 is 14.3 Å². The number of ketones is 1. The third-order valence-electron chi connectivity index (χ3n) is 3.46. The number of nitrogen functional groups attached to an aromatic ring is 1. The van der Waals surface area contributed by atoms with E-state index in [0.717, 1.165) is 0 Å². The highest BCUT2D eigenvalue weighted by atomic mass is 32.1. The molecule has 1 aliphatic rings. The van der Waals surface area contributed by atoms with E-state index in [0.29, 0.717) is 36.0 Å². The number of morpholine rings is 1. The van der Waals surface area contributed by atoms with Crippen LogP contribution in [-0.4, -0.2) is 37.0 Å². The van der Waals surface area contributed by atoms with Crippen molar-refractivity contribution in [2.45, 2.75) is 32.8 Å². The number of nitrogens with two attached hydrogens (primary N) is 2. The summed E-state index contributed by atoms with van der Waals surface area (Å²) in [7, 11) is 0. The first-order valence-electron chi connectivity index (χ1n) is 6.91. The molecule has 1 fully saturated rings. The van der Waals surface area contributed by atoms with Crippen LogP contribution < -0.4 is 16.4 Å². The van der Waals surface area contributed by atoms with E-state index in [-0.39, 0.29) is 22.6 Å². The van der Waals surface area contributed by atoms with Crippen molar-refractivity contribution in [3.8, 4) is 0 Å². The second-order valence-corrected chi connectivity index (χ2v) is 6.69. The summed E-state index contributed by atoms with van der Waals surface area (Å²) in [6.07, 6.45) is 0.344. The summed E-state index contributed by atoms with van der Waals surface area (Å²) in [4.78, 5) is 26.2. The van der Waals surface area contributed by atoms with Gasteiger partial charge in [-0.25, -0.2) is 0 Å². The Balaban J connectivity index is 2.47. The molecule has 0 unspecified atom stereocenters. The molecule has 1 saturated heterocycles. The molecule has 4 N–H and O–H groups in total. The summed E-state index contributed by atoms with van der Waals surface area (Å²) in [6, 6.07) is 0. The van der Waals surface area contributed by atoms with Gasteiger partial charge in [0.05, 0.1) is 28.3 Å². The second kappa shape index (κ2) is 5.65. The van der Waals surface area contributed by atoms with Gasteiger partial charge in [-0.05, 0) is 13.8 Å². The number of anilines is 2. The predicted octanol–water partition coefficient (Wildman–Crippen LogP) is 1.64. The lowest BCUT2D eigenvalue weighted by molar-refractivity contribution is -0.0275. The number of carbonyl (C=O) groups excluding carboxylic acids is 2. The van der Waals surface area contributed by atoms with Crippen LogP contribution in [0.5, 0.6) is 0 Å². The van der Waals surface area contributed by atoms with Crippen molar-refractivity contribution in [3.63, 3.8) is 0 Å². The SMILES string of the molecule is CCC(=O)c1sc(N2CCOC(C)(C)C2)c(C(N)=O)c1N. The molecule has 2 heterocycles. The number of rotatable bonds is 4. The van der Waals surface area contributed by atoms with Crippen LogP contribution in [0.25, 0.3) is 0 Å². The van der Waals surface area contributed by atoms with Crippen molar-refractivity contribution >= 4 is 33.7 Å². The first-order chi connectivity index (χ1) is 9.76. The average Bonchev–Trinajstić information content (AvgIpc) is 2.74. The van der Waals surface area contributed by atoms with Gasteiger partial charge in [0.1, 0.15) is 5.00 Å². The van der Waals surface area contributed by atoms with Gasteiger partial charge in [-0.1, -0.05) is 6.92 Å². The van der Waals surface area contributed by atoms with Crippen LogP contribution in [0.4, 0.5) is 10.7 Å². The Morgan fingerprint density at radius 2 is 2.10 bits per heavy atom. The highest BCUT2D eigenvalue weighted by Crippen LogP contribution is 2.40. The minimum absolute atomic E-state index is 0.0706. The molecule has 1 aliphatic heterocycles. The quantitative estimate of drug-likeness (QED) is 0.824. The molecule has 1 amide bonds. The Morgan fingerprint density at radius 1 is 1.43 bits per heavy atom. The standard InChI is InChI=1S/C14H21N3O3S/c1-4-8(18)11-10(15)9(12(16)19)13(21-11)17-5-6-20-14(2,3)7-17/h4-7,15H2,1-3H3,(H2,16,19). The van der Waals surface area contributed by atoms with Crippen molar-refractivity contribution in [2.75, 3.05) is 30.3 Å². The molecule has 21 heavy (non-hydrogen) atoms. The molecule has 0 aromatic carbocycles. The smallest absolute Gasteiger partial charge is 0.253 e. The van der Waals surface area contributed by atoms with E-state index in [1.165, 1.54) is 11.3 Å². The maximum atomic E-state index is 12.0. The lowest BCUT2D eigenvalue weighted by Crippen LogP contribution is -2.48. The summed E-state index contributed by atoms with van der Waals surface area (Å²) in [6.45, 7) is 7.55. The van der Waals surface area contributed by atoms with Crippen LogP contribution in [-0.2, 0) is 4.74 Å². The molecule has 1 aromatic heterocycles. The maximum Gasteiger partial charge on any atom is 0.253 e. The van der Waals surface area contributed by atoms with Crippen LogP contribution in [0.1, 0.15) is 47.2 Å². The van der Waals surface area contributed by atoms with Gasteiger partial charge in [0.2, 0.25) is 0 Å². The number of Topliss-reactive ketones (excluding diaryl/α,β-unsaturated/α-hetero) is 1. The minimum Gasteiger partial charge on any atom is -0.397 e. The largest absolute Gasteiger partial charge is 0.397 e. The van der Waals surface area contributed by atoms with Gasteiger partial charge in [0.25, 0.3) is 5.91 Å². The van der Waals surface area contributed by atoms with E-state index in [2.05, 4.69) is 0 Å². The molecular formula is C14H21N3O3S. The van der Waals surface area contributed by atoms with Gasteiger partial charge in [-0.3, -0.25) is 9.59 Å². The number of amides is 1. The molecule has 0 aliphatic carbocycles. The van der Waals surface area contributed by atoms with Gasteiger partial charge in [-0.2, -0.15) is 0 Å². The lowest BCUT2D eigenvalue weighted by Gasteiger charge is -2.39. The van der Waals surface area contributed by atoms with E-state index in [4.69, 9.17) is 16.2 Å². The van der Waals surface area contributed by atoms with Crippen LogP contribution in [0.2, 0.25) is 0 Å². The first kappa shape index (κ1) is 15.8. The second-order valence-electron chi connectivity index (χ2n) is 5.70. The van der Waals surface area contributed by atoms with Crippen LogP contribution in [0.15, 0.2) is 0 Å². The van der Waals surface area contributed by atoms with Crippen molar-refractivity contribution in [3.05, 3.63) is 10.4 Å². The van der Waals surface area contributed by atoms with Crippen LogP contribution in [0.3, 0.4) is 0 Å². The average molecular weight is 311 g/mol. The third-order valence-corrected chi connectivity index (χ3v) is 4.77. The van der Waals surface area contributed by atoms with E-state index >= 15 is 0 Å². The fourth-order valence-electron chi connectivity index (χ4n) is 2.45.